The van der Waals surface area contributed by atoms with Crippen LogP contribution < -0.4 is 0 Å². The molecule has 10 N–H and O–H groups in total. The largest absolute Gasteiger partial charge is 0.481 e. The van der Waals surface area contributed by atoms with Crippen LogP contribution in [0.3, 0.4) is 0 Å². The van der Waals surface area contributed by atoms with Crippen LogP contribution in [0.25, 0.3) is 0 Å². The summed E-state index contributed by atoms with van der Waals surface area (Å²) in [5, 5.41) is 85.7. The third kappa shape index (κ3) is 15.1. The quantitative estimate of drug-likeness (QED) is 0.124. The molecule has 1 aromatic carbocycles. The van der Waals surface area contributed by atoms with Gasteiger partial charge in [-0.05, 0) is 5.56 Å². The molecule has 15 heteroatoms. The second kappa shape index (κ2) is 17.0. The van der Waals surface area contributed by atoms with E-state index in [2.05, 4.69) is 0 Å². The van der Waals surface area contributed by atoms with E-state index in [0.29, 0.717) is 0 Å². The van der Waals surface area contributed by atoms with E-state index in [1.807, 2.05) is 18.2 Å². The van der Waals surface area contributed by atoms with Crippen LogP contribution in [-0.2, 0) is 30.4 Å². The van der Waals surface area contributed by atoms with E-state index in [4.69, 9.17) is 51.1 Å². The summed E-state index contributed by atoms with van der Waals surface area (Å²) in [5.74, 6) is -5.80. The van der Waals surface area contributed by atoms with Gasteiger partial charge in [-0.1, -0.05) is 30.3 Å². The van der Waals surface area contributed by atoms with Gasteiger partial charge in [0.1, 0.15) is 24.4 Å². The summed E-state index contributed by atoms with van der Waals surface area (Å²) in [6.45, 7) is -0.760. The van der Waals surface area contributed by atoms with Gasteiger partial charge in [0.2, 0.25) is 0 Å². The van der Waals surface area contributed by atoms with Gasteiger partial charge in [0.25, 0.3) is 0 Å². The number of hydrogen-bond donors (Lipinski definition) is 10. The van der Waals surface area contributed by atoms with E-state index >= 15 is 0 Å². The first kappa shape index (κ1) is 33.7. The summed E-state index contributed by atoms with van der Waals surface area (Å²) in [4.78, 5) is 50.5. The molecule has 0 saturated heterocycles. The molecule has 15 nitrogen and oxygen atoms in total. The maximum atomic E-state index is 10.3. The molecule has 0 aliphatic heterocycles. The van der Waals surface area contributed by atoms with E-state index in [1.165, 1.54) is 0 Å². The Bertz CT molecular complexity index is 794. The Morgan fingerprint density at radius 1 is 0.800 bits per heavy atom. The normalized spacial score (nSPS) is 13.9. The summed E-state index contributed by atoms with van der Waals surface area (Å²) in [5.41, 5.74) is -1.90. The number of aldehydes is 1. The SMILES string of the molecule is O=C(O)CC(O)(CC(=O)O)C(=O)O.O=C(O)Cc1ccccc1.O=C[C@H](O)[C@@H](O)[C@H](O)[C@H](O)CO. The number of carboxylic acid groups (broad SMARTS) is 4. The van der Waals surface area contributed by atoms with Gasteiger partial charge in [-0.15, -0.1) is 0 Å². The third-order valence-electron chi connectivity index (χ3n) is 3.90. The Balaban J connectivity index is 0. The molecule has 0 spiro atoms. The van der Waals surface area contributed by atoms with E-state index in [1.54, 1.807) is 12.1 Å². The zero-order valence-corrected chi connectivity index (χ0v) is 18.1. The van der Waals surface area contributed by atoms with E-state index in [9.17, 15) is 24.0 Å². The second-order valence-corrected chi connectivity index (χ2v) is 6.89. The molecule has 0 radical (unpaired) electrons. The summed E-state index contributed by atoms with van der Waals surface area (Å²) >= 11 is 0. The van der Waals surface area contributed by atoms with Crippen molar-refractivity contribution in [3.63, 3.8) is 0 Å². The lowest BCUT2D eigenvalue weighted by Gasteiger charge is -2.22. The topological polar surface area (TPSA) is 288 Å². The zero-order chi connectivity index (χ0) is 27.8. The summed E-state index contributed by atoms with van der Waals surface area (Å²) in [6, 6.07) is 9.13. The van der Waals surface area contributed by atoms with Gasteiger partial charge >= 0.3 is 23.9 Å². The monoisotopic (exact) mass is 508 g/mol. The van der Waals surface area contributed by atoms with Crippen LogP contribution in [0.5, 0.6) is 0 Å². The maximum Gasteiger partial charge on any atom is 0.336 e. The number of carbonyl (C=O) groups is 5. The van der Waals surface area contributed by atoms with Crippen LogP contribution in [0.1, 0.15) is 18.4 Å². The van der Waals surface area contributed by atoms with Crippen molar-refractivity contribution >= 4 is 30.2 Å². The van der Waals surface area contributed by atoms with Crippen LogP contribution in [0.2, 0.25) is 0 Å². The van der Waals surface area contributed by atoms with Gasteiger partial charge < -0.3 is 55.9 Å². The number of aliphatic hydroxyl groups is 6. The van der Waals surface area contributed by atoms with Gasteiger partial charge in [-0.3, -0.25) is 14.4 Å². The molecular formula is C20H28O15. The lowest BCUT2D eigenvalue weighted by atomic mass is 9.96. The van der Waals surface area contributed by atoms with Crippen molar-refractivity contribution in [2.24, 2.45) is 0 Å². The minimum Gasteiger partial charge on any atom is -0.481 e. The van der Waals surface area contributed by atoms with Crippen LogP contribution in [0.4, 0.5) is 0 Å². The van der Waals surface area contributed by atoms with Gasteiger partial charge in [-0.25, -0.2) is 4.79 Å². The van der Waals surface area contributed by atoms with E-state index in [-0.39, 0.29) is 12.7 Å². The molecule has 0 amide bonds. The van der Waals surface area contributed by atoms with Crippen molar-refractivity contribution in [2.45, 2.75) is 49.3 Å². The highest BCUT2D eigenvalue weighted by atomic mass is 16.4. The Morgan fingerprint density at radius 3 is 1.57 bits per heavy atom. The minimum atomic E-state index is -2.74. The highest BCUT2D eigenvalue weighted by Gasteiger charge is 2.40. The molecule has 0 bridgehead atoms. The van der Waals surface area contributed by atoms with Gasteiger partial charge in [-0.2, -0.15) is 0 Å². The molecule has 35 heavy (non-hydrogen) atoms. The van der Waals surface area contributed by atoms with Gasteiger partial charge in [0.05, 0.1) is 25.9 Å². The average Bonchev–Trinajstić information content (AvgIpc) is 2.76. The Morgan fingerprint density at radius 2 is 1.26 bits per heavy atom. The number of aliphatic hydroxyl groups excluding tert-OH is 5. The first-order valence-corrected chi connectivity index (χ1v) is 9.54. The number of benzene rings is 1. The van der Waals surface area contributed by atoms with Crippen LogP contribution in [0.15, 0.2) is 30.3 Å². The predicted octanol–water partition coefficient (Wildman–Crippen LogP) is -3.31. The van der Waals surface area contributed by atoms with Crippen molar-refractivity contribution < 1.29 is 75.0 Å². The molecule has 1 aromatic rings. The fraction of sp³-hybridized carbons (Fsp3) is 0.450. The molecule has 4 atom stereocenters. The summed E-state index contributed by atoms with van der Waals surface area (Å²) in [6.07, 6.45) is -9.02. The predicted molar refractivity (Wildman–Crippen MR) is 112 cm³/mol. The molecule has 0 unspecified atom stereocenters. The van der Waals surface area contributed by atoms with E-state index < -0.39 is 73.3 Å². The Hall–Kier alpha value is -3.47. The molecule has 0 heterocycles. The standard InChI is InChI=1S/C8H8O2.C6H8O7.C6H12O6/c9-8(10)6-7-4-2-1-3-5-7;7-3(8)1-6(13,5(11)12)2-4(9)10;7-1-3(9)5(11)6(12)4(10)2-8/h1-5H,6H2,(H,9,10);13H,1-2H2,(H,7,8)(H,9,10)(H,11,12);1,3-6,8-12H,2H2/t;;3-,4+,5+,6+/m..0/s1. The molecule has 1 rings (SSSR count). The highest BCUT2D eigenvalue weighted by Crippen LogP contribution is 2.15. The summed E-state index contributed by atoms with van der Waals surface area (Å²) < 4.78 is 0. The van der Waals surface area contributed by atoms with Crippen molar-refractivity contribution in [2.75, 3.05) is 6.61 Å². The lowest BCUT2D eigenvalue weighted by Crippen LogP contribution is -2.46. The van der Waals surface area contributed by atoms with Crippen LogP contribution in [0, 0.1) is 0 Å². The molecule has 0 saturated carbocycles. The molecule has 0 aromatic heterocycles. The smallest absolute Gasteiger partial charge is 0.336 e. The van der Waals surface area contributed by atoms with Crippen molar-refractivity contribution in [1.82, 2.24) is 0 Å². The van der Waals surface area contributed by atoms with Crippen molar-refractivity contribution in [3.8, 4) is 0 Å². The highest BCUT2D eigenvalue weighted by molar-refractivity contribution is 5.88. The first-order chi connectivity index (χ1) is 16.1. The lowest BCUT2D eigenvalue weighted by molar-refractivity contribution is -0.170. The van der Waals surface area contributed by atoms with Crippen molar-refractivity contribution in [1.29, 1.82) is 0 Å². The number of carbonyl (C=O) groups excluding carboxylic acids is 1. The van der Waals surface area contributed by atoms with Crippen LogP contribution >= 0.6 is 0 Å². The molecule has 198 valence electrons. The fourth-order valence-electron chi connectivity index (χ4n) is 2.10. The van der Waals surface area contributed by atoms with Gasteiger partial charge in [0, 0.05) is 0 Å². The maximum absolute atomic E-state index is 10.3. The number of aliphatic carboxylic acids is 4. The summed E-state index contributed by atoms with van der Waals surface area (Å²) in [7, 11) is 0. The molecule has 0 fully saturated rings. The third-order valence-corrected chi connectivity index (χ3v) is 3.90. The number of rotatable bonds is 12. The zero-order valence-electron chi connectivity index (χ0n) is 18.1. The van der Waals surface area contributed by atoms with Crippen molar-refractivity contribution in [3.05, 3.63) is 35.9 Å². The van der Waals surface area contributed by atoms with Crippen LogP contribution in [-0.4, -0.2) is 118 Å². The molecular weight excluding hydrogens is 480 g/mol. The number of carboxylic acids is 4. The number of hydrogen-bond acceptors (Lipinski definition) is 11. The van der Waals surface area contributed by atoms with E-state index in [0.717, 1.165) is 5.56 Å². The molecule has 0 aliphatic rings. The average molecular weight is 508 g/mol. The van der Waals surface area contributed by atoms with Gasteiger partial charge in [0.15, 0.2) is 11.9 Å². The second-order valence-electron chi connectivity index (χ2n) is 6.89. The Kier molecular flexibility index (Phi) is 16.4. The first-order valence-electron chi connectivity index (χ1n) is 9.54. The Labute approximate surface area is 197 Å². The minimum absolute atomic E-state index is 0.0258. The molecule has 0 aliphatic carbocycles. The fourth-order valence-corrected chi connectivity index (χ4v) is 2.10.